The summed E-state index contributed by atoms with van der Waals surface area (Å²) in [5, 5.41) is 19.1. The zero-order valence-corrected chi connectivity index (χ0v) is 26.5. The van der Waals surface area contributed by atoms with Gasteiger partial charge in [0.05, 0.1) is 31.8 Å². The lowest BCUT2D eigenvalue weighted by Gasteiger charge is -2.20. The molecular weight excluding hydrogens is 659 g/mol. The number of thioether (sulfide) groups is 2. The maximum Gasteiger partial charge on any atom is 0.323 e. The molecule has 2 aliphatic rings. The first-order chi connectivity index (χ1) is 20.3. The maximum atomic E-state index is 13.4. The number of thiocarbonyl (C=S) groups is 1. The van der Waals surface area contributed by atoms with Gasteiger partial charge in [0.25, 0.3) is 11.5 Å². The second kappa shape index (κ2) is 13.6. The number of carboxylic acids is 2. The van der Waals surface area contributed by atoms with Gasteiger partial charge in [-0.25, -0.2) is 8.42 Å². The van der Waals surface area contributed by atoms with Crippen LogP contribution in [0.5, 0.6) is 0 Å². The van der Waals surface area contributed by atoms with Crippen molar-refractivity contribution in [1.29, 1.82) is 0 Å². The Morgan fingerprint density at radius 2 is 1.79 bits per heavy atom. The third-order valence-electron chi connectivity index (χ3n) is 6.13. The van der Waals surface area contributed by atoms with Gasteiger partial charge in [-0.05, 0) is 37.1 Å². The normalized spacial score (nSPS) is 18.2. The van der Waals surface area contributed by atoms with Crippen molar-refractivity contribution in [2.24, 2.45) is 0 Å². The van der Waals surface area contributed by atoms with Crippen LogP contribution in [0.25, 0.3) is 10.5 Å². The van der Waals surface area contributed by atoms with E-state index in [4.69, 9.17) is 17.3 Å². The fourth-order valence-corrected chi connectivity index (χ4v) is 8.34. The summed E-state index contributed by atoms with van der Waals surface area (Å²) in [6.45, 7) is 1.16. The average Bonchev–Trinajstić information content (AvgIpc) is 3.53. The van der Waals surface area contributed by atoms with E-state index in [1.165, 1.54) is 16.3 Å². The first-order valence-corrected chi connectivity index (χ1v) is 17.0. The number of aliphatic carboxylic acids is 2. The molecule has 1 aromatic carbocycles. The van der Waals surface area contributed by atoms with Crippen molar-refractivity contribution in [3.63, 3.8) is 0 Å². The number of carbonyl (C=O) groups is 3. The summed E-state index contributed by atoms with van der Waals surface area (Å²) in [6, 6.07) is 7.56. The van der Waals surface area contributed by atoms with Crippen LogP contribution in [0.15, 0.2) is 57.2 Å². The summed E-state index contributed by atoms with van der Waals surface area (Å²) >= 11 is 8.49. The van der Waals surface area contributed by atoms with Crippen molar-refractivity contribution >= 4 is 95.5 Å². The predicted octanol–water partition coefficient (Wildman–Crippen LogP) is 1.55. The molecule has 0 saturated carbocycles. The first-order valence-electron chi connectivity index (χ1n) is 12.6. The highest BCUT2D eigenvalue weighted by molar-refractivity contribution is 8.30. The van der Waals surface area contributed by atoms with Gasteiger partial charge in [-0.3, -0.25) is 28.6 Å². The summed E-state index contributed by atoms with van der Waals surface area (Å²) < 4.78 is 35.0. The third-order valence-corrected chi connectivity index (χ3v) is 10.9. The third kappa shape index (κ3) is 7.84. The molecule has 1 fully saturated rings. The van der Waals surface area contributed by atoms with Crippen LogP contribution in [-0.4, -0.2) is 73.7 Å². The number of nitrogens with zero attached hydrogens (tertiary/aromatic N) is 3. The lowest BCUT2D eigenvalue weighted by Crippen LogP contribution is -2.36. The molecule has 1 amide bonds. The fraction of sp³-hybridized carbons (Fsp3) is 0.269. The summed E-state index contributed by atoms with van der Waals surface area (Å²) in [6.07, 6.45) is 4.97. The number of hydrogen-bond donors (Lipinski definition) is 2. The van der Waals surface area contributed by atoms with E-state index in [9.17, 15) is 37.3 Å². The van der Waals surface area contributed by atoms with Crippen LogP contribution in [0.3, 0.4) is 0 Å². The summed E-state index contributed by atoms with van der Waals surface area (Å²) in [7, 11) is -4.35. The zero-order chi connectivity index (χ0) is 31.5. The Hall–Kier alpha value is -3.22. The minimum Gasteiger partial charge on any atom is -0.748 e. The average molecular weight is 683 g/mol. The van der Waals surface area contributed by atoms with E-state index in [-0.39, 0.29) is 37.8 Å². The molecule has 1 aromatic heterocycles. The van der Waals surface area contributed by atoms with E-state index in [0.29, 0.717) is 12.1 Å². The van der Waals surface area contributed by atoms with E-state index in [1.54, 1.807) is 25.2 Å². The number of carboxylic acid groups (broad SMARTS) is 2. The molecule has 17 heteroatoms. The van der Waals surface area contributed by atoms with Gasteiger partial charge >= 0.3 is 11.9 Å². The zero-order valence-electron chi connectivity index (χ0n) is 22.4. The van der Waals surface area contributed by atoms with E-state index in [0.717, 1.165) is 43.6 Å². The number of carbonyl (C=O) groups excluding carboxylic acids is 1. The first kappa shape index (κ1) is 32.7. The van der Waals surface area contributed by atoms with Crippen molar-refractivity contribution in [1.82, 2.24) is 9.47 Å². The van der Waals surface area contributed by atoms with Crippen LogP contribution < -0.4 is 19.7 Å². The van der Waals surface area contributed by atoms with Gasteiger partial charge in [-0.15, -0.1) is 11.3 Å². The van der Waals surface area contributed by atoms with Gasteiger partial charge in [0, 0.05) is 23.7 Å². The Morgan fingerprint density at radius 3 is 2.47 bits per heavy atom. The fourth-order valence-electron chi connectivity index (χ4n) is 4.19. The number of thiazole rings is 1. The molecule has 12 nitrogen and oxygen atoms in total. The van der Waals surface area contributed by atoms with Crippen LogP contribution in [0.4, 0.5) is 5.69 Å². The van der Waals surface area contributed by atoms with Gasteiger partial charge in [0.15, 0.2) is 0 Å². The number of amides is 1. The molecule has 2 N–H and O–H groups in total. The largest absolute Gasteiger partial charge is 0.748 e. The Bertz CT molecular complexity index is 1860. The number of anilines is 1. The van der Waals surface area contributed by atoms with E-state index in [1.807, 2.05) is 29.2 Å². The molecule has 0 unspecified atom stereocenters. The Balaban J connectivity index is 1.72. The standard InChI is InChI=1S/C26H25N3O9S5/c1-15(6-4-9-18-27(11-5-13-43(36,37)38)16-7-2-3-8-17(16)40-18)21-23(34)28(12-10-19(30)31)25(41-21)22-24(35)29(14-20(32)33)26(39)42-22/h2-4,6-9H,5,10-14H2,1H3,(H,30,31)(H,32,33)(H,36,37,38)/p-1/b6-4?,18-9?,21-15?,25-22+. The van der Waals surface area contributed by atoms with Crippen molar-refractivity contribution in [2.45, 2.75) is 31.2 Å². The smallest absolute Gasteiger partial charge is 0.323 e. The van der Waals surface area contributed by atoms with Gasteiger partial charge in [0.2, 0.25) is 0 Å². The van der Waals surface area contributed by atoms with E-state index < -0.39 is 45.8 Å². The van der Waals surface area contributed by atoms with Gasteiger partial charge in [-0.2, -0.15) is 0 Å². The van der Waals surface area contributed by atoms with Gasteiger partial charge < -0.3 is 19.7 Å². The van der Waals surface area contributed by atoms with Crippen LogP contribution in [0.1, 0.15) is 19.8 Å². The highest BCUT2D eigenvalue weighted by Crippen LogP contribution is 2.45. The van der Waals surface area contributed by atoms with Crippen molar-refractivity contribution in [3.8, 4) is 0 Å². The topological polar surface area (TPSA) is 177 Å². The van der Waals surface area contributed by atoms with Crippen LogP contribution in [0.2, 0.25) is 0 Å². The SMILES string of the molecule is CC(C=CC=C1Sc2ccccc2N1CCCS(=O)(=O)[O-])=c1s/c(=C2/SC(=S)N(CC(=O)O)C2=O)n(CCC(=O)O)c1=O. The summed E-state index contributed by atoms with van der Waals surface area (Å²) in [5.41, 5.74) is 0.918. The molecule has 0 radical (unpaired) electrons. The highest BCUT2D eigenvalue weighted by Gasteiger charge is 2.35. The summed E-state index contributed by atoms with van der Waals surface area (Å²) in [5.74, 6) is -3.55. The second-order valence-corrected chi connectivity index (χ2v) is 14.4. The lowest BCUT2D eigenvalue weighted by molar-refractivity contribution is -0.140. The quantitative estimate of drug-likeness (QED) is 0.258. The lowest BCUT2D eigenvalue weighted by atomic mass is 10.2. The number of para-hydroxylation sites is 1. The molecule has 1 saturated heterocycles. The van der Waals surface area contributed by atoms with Crippen LogP contribution in [0, 0.1) is 0 Å². The number of aromatic nitrogens is 1. The molecule has 2 aliphatic heterocycles. The van der Waals surface area contributed by atoms with Crippen molar-refractivity contribution < 1.29 is 37.6 Å². The molecule has 0 bridgehead atoms. The Morgan fingerprint density at radius 1 is 1.07 bits per heavy atom. The molecular formula is C26H24N3O9S5-. The van der Waals surface area contributed by atoms with Crippen molar-refractivity contribution in [2.75, 3.05) is 23.7 Å². The monoisotopic (exact) mass is 682 g/mol. The molecule has 0 atom stereocenters. The molecule has 2 aromatic rings. The molecule has 228 valence electrons. The molecule has 0 aliphatic carbocycles. The molecule has 0 spiro atoms. The van der Waals surface area contributed by atoms with E-state index in [2.05, 4.69) is 0 Å². The molecule has 43 heavy (non-hydrogen) atoms. The summed E-state index contributed by atoms with van der Waals surface area (Å²) in [4.78, 5) is 52.8. The van der Waals surface area contributed by atoms with Gasteiger partial charge in [-0.1, -0.05) is 60.0 Å². The van der Waals surface area contributed by atoms with E-state index >= 15 is 0 Å². The minimum absolute atomic E-state index is 0.0225. The van der Waals surface area contributed by atoms with Crippen LogP contribution in [-0.2, 0) is 31.0 Å². The van der Waals surface area contributed by atoms with Crippen LogP contribution >= 0.6 is 47.1 Å². The Labute approximate surface area is 263 Å². The van der Waals surface area contributed by atoms with Gasteiger partial charge in [0.1, 0.15) is 20.4 Å². The van der Waals surface area contributed by atoms with Crippen molar-refractivity contribution in [3.05, 3.63) is 67.1 Å². The second-order valence-electron chi connectivity index (χ2n) is 9.20. The number of hydrogen-bond acceptors (Lipinski definition) is 12. The number of rotatable bonds is 11. The minimum atomic E-state index is -4.35. The number of fused-ring (bicyclic) bond motifs is 1. The highest BCUT2D eigenvalue weighted by atomic mass is 32.2. The predicted molar refractivity (Wildman–Crippen MR) is 168 cm³/mol. The Kier molecular flexibility index (Phi) is 10.3. The maximum absolute atomic E-state index is 13.4. The number of allylic oxidation sites excluding steroid dienone is 3. The molecule has 4 rings (SSSR count). The molecule has 3 heterocycles. The number of benzene rings is 1.